The number of hydrogen-bond acceptors (Lipinski definition) is 5. The molecule has 0 amide bonds. The molecule has 5 heteroatoms. The van der Waals surface area contributed by atoms with Gasteiger partial charge in [-0.15, -0.1) is 0 Å². The lowest BCUT2D eigenvalue weighted by atomic mass is 10.00. The summed E-state index contributed by atoms with van der Waals surface area (Å²) in [4.78, 5) is 0. The van der Waals surface area contributed by atoms with Crippen molar-refractivity contribution in [3.05, 3.63) is 22.4 Å². The Labute approximate surface area is 124 Å². The highest BCUT2D eigenvalue weighted by molar-refractivity contribution is 7.07. The minimum absolute atomic E-state index is 0.393. The minimum Gasteiger partial charge on any atom is -0.393 e. The molecule has 4 atom stereocenters. The topological polar surface area (TPSA) is 80.9 Å². The molecular weight excluding hydrogens is 276 g/mol. The zero-order valence-electron chi connectivity index (χ0n) is 12.0. The summed E-state index contributed by atoms with van der Waals surface area (Å²) >= 11 is 1.55. The highest BCUT2D eigenvalue weighted by Crippen LogP contribution is 2.22. The monoisotopic (exact) mass is 302 g/mol. The van der Waals surface area contributed by atoms with Gasteiger partial charge >= 0.3 is 0 Å². The first-order chi connectivity index (χ1) is 9.49. The van der Waals surface area contributed by atoms with Crippen LogP contribution in [0.15, 0.2) is 16.8 Å². The maximum absolute atomic E-state index is 9.90. The van der Waals surface area contributed by atoms with Crippen molar-refractivity contribution in [3.8, 4) is 0 Å². The highest BCUT2D eigenvalue weighted by Gasteiger charge is 2.13. The molecule has 1 rings (SSSR count). The van der Waals surface area contributed by atoms with E-state index in [0.717, 1.165) is 5.56 Å². The molecule has 0 aromatic carbocycles. The summed E-state index contributed by atoms with van der Waals surface area (Å²) < 4.78 is 0. The van der Waals surface area contributed by atoms with Gasteiger partial charge in [0, 0.05) is 0 Å². The molecule has 0 saturated heterocycles. The van der Waals surface area contributed by atoms with Gasteiger partial charge in [-0.05, 0) is 67.8 Å². The fourth-order valence-corrected chi connectivity index (χ4v) is 2.80. The van der Waals surface area contributed by atoms with Crippen LogP contribution in [0.1, 0.15) is 57.1 Å². The maximum atomic E-state index is 9.90. The van der Waals surface area contributed by atoms with E-state index in [1.807, 2.05) is 16.8 Å². The summed E-state index contributed by atoms with van der Waals surface area (Å²) in [5.41, 5.74) is 0.902. The van der Waals surface area contributed by atoms with Crippen molar-refractivity contribution in [1.29, 1.82) is 0 Å². The number of thiophene rings is 1. The molecule has 0 radical (unpaired) electrons. The van der Waals surface area contributed by atoms with Crippen molar-refractivity contribution < 1.29 is 20.4 Å². The number of aliphatic hydroxyl groups is 4. The molecule has 0 saturated carbocycles. The molecule has 0 bridgehead atoms. The van der Waals surface area contributed by atoms with E-state index in [1.165, 1.54) is 0 Å². The molecule has 4 nitrogen and oxygen atoms in total. The Morgan fingerprint density at radius 2 is 1.45 bits per heavy atom. The third-order valence-electron chi connectivity index (χ3n) is 3.45. The molecule has 0 fully saturated rings. The van der Waals surface area contributed by atoms with Crippen molar-refractivity contribution in [2.45, 2.75) is 69.9 Å². The van der Waals surface area contributed by atoms with Gasteiger partial charge in [0.15, 0.2) is 0 Å². The first-order valence-electron chi connectivity index (χ1n) is 7.23. The Morgan fingerprint density at radius 3 is 1.95 bits per heavy atom. The van der Waals surface area contributed by atoms with E-state index in [2.05, 4.69) is 0 Å². The normalized spacial score (nSPS) is 17.6. The smallest absolute Gasteiger partial charge is 0.0799 e. The summed E-state index contributed by atoms with van der Waals surface area (Å²) in [5.74, 6) is 0. The van der Waals surface area contributed by atoms with Crippen molar-refractivity contribution >= 4 is 11.3 Å². The quantitative estimate of drug-likeness (QED) is 0.534. The molecule has 4 unspecified atom stereocenters. The van der Waals surface area contributed by atoms with Crippen LogP contribution >= 0.6 is 11.3 Å². The minimum atomic E-state index is -0.518. The van der Waals surface area contributed by atoms with Crippen LogP contribution in [0.5, 0.6) is 0 Å². The summed E-state index contributed by atoms with van der Waals surface area (Å²) in [6.45, 7) is 1.70. The van der Waals surface area contributed by atoms with Gasteiger partial charge in [-0.1, -0.05) is 0 Å². The average Bonchev–Trinajstić information content (AvgIpc) is 2.94. The van der Waals surface area contributed by atoms with Crippen LogP contribution in [0, 0.1) is 0 Å². The SMILES string of the molecule is CC(O)CCC(O)CCC(O)CCC(O)c1ccsc1. The molecule has 116 valence electrons. The average molecular weight is 302 g/mol. The van der Waals surface area contributed by atoms with Gasteiger partial charge in [0.2, 0.25) is 0 Å². The highest BCUT2D eigenvalue weighted by atomic mass is 32.1. The van der Waals surface area contributed by atoms with Crippen LogP contribution < -0.4 is 0 Å². The van der Waals surface area contributed by atoms with E-state index in [1.54, 1.807) is 18.3 Å². The Morgan fingerprint density at radius 1 is 0.900 bits per heavy atom. The molecule has 0 aliphatic carbocycles. The molecule has 1 heterocycles. The van der Waals surface area contributed by atoms with Crippen molar-refractivity contribution in [3.63, 3.8) is 0 Å². The van der Waals surface area contributed by atoms with Crippen LogP contribution in [-0.4, -0.2) is 38.7 Å². The van der Waals surface area contributed by atoms with Crippen molar-refractivity contribution in [2.24, 2.45) is 0 Å². The fraction of sp³-hybridized carbons (Fsp3) is 0.733. The van der Waals surface area contributed by atoms with Crippen LogP contribution in [-0.2, 0) is 0 Å². The Kier molecular flexibility index (Phi) is 8.33. The molecule has 0 aliphatic rings. The molecule has 0 spiro atoms. The predicted octanol–water partition coefficient (Wildman–Crippen LogP) is 2.22. The zero-order valence-corrected chi connectivity index (χ0v) is 12.8. The molecular formula is C15H26O4S. The fourth-order valence-electron chi connectivity index (χ4n) is 2.09. The maximum Gasteiger partial charge on any atom is 0.0799 e. The second-order valence-corrected chi connectivity index (χ2v) is 6.24. The predicted molar refractivity (Wildman–Crippen MR) is 80.7 cm³/mol. The largest absolute Gasteiger partial charge is 0.393 e. The Balaban J connectivity index is 2.12. The van der Waals surface area contributed by atoms with Gasteiger partial charge in [-0.3, -0.25) is 0 Å². The van der Waals surface area contributed by atoms with Gasteiger partial charge in [-0.25, -0.2) is 0 Å². The summed E-state index contributed by atoms with van der Waals surface area (Å²) in [6, 6.07) is 1.89. The van der Waals surface area contributed by atoms with E-state index < -0.39 is 24.4 Å². The Hall–Kier alpha value is -0.460. The molecule has 0 aliphatic heterocycles. The summed E-state index contributed by atoms with van der Waals surface area (Å²) in [5, 5.41) is 42.4. The summed E-state index contributed by atoms with van der Waals surface area (Å²) in [7, 11) is 0. The molecule has 4 N–H and O–H groups in total. The first kappa shape index (κ1) is 17.6. The first-order valence-corrected chi connectivity index (χ1v) is 8.17. The number of aliphatic hydroxyl groups excluding tert-OH is 4. The third kappa shape index (κ3) is 7.36. The second kappa shape index (κ2) is 9.47. The van der Waals surface area contributed by atoms with Crippen molar-refractivity contribution in [2.75, 3.05) is 0 Å². The van der Waals surface area contributed by atoms with E-state index in [-0.39, 0.29) is 0 Å². The van der Waals surface area contributed by atoms with Crippen LogP contribution in [0.2, 0.25) is 0 Å². The van der Waals surface area contributed by atoms with Gasteiger partial charge in [0.1, 0.15) is 0 Å². The standard InChI is InChI=1S/C15H26O4S/c1-11(16)2-3-13(17)4-5-14(18)6-7-15(19)12-8-9-20-10-12/h8-11,13-19H,2-7H2,1H3. The molecule has 20 heavy (non-hydrogen) atoms. The summed E-state index contributed by atoms with van der Waals surface area (Å²) in [6.07, 6.45) is 1.37. The van der Waals surface area contributed by atoms with E-state index in [4.69, 9.17) is 5.11 Å². The van der Waals surface area contributed by atoms with E-state index >= 15 is 0 Å². The van der Waals surface area contributed by atoms with Crippen molar-refractivity contribution in [1.82, 2.24) is 0 Å². The number of rotatable bonds is 10. The lowest BCUT2D eigenvalue weighted by Gasteiger charge is -2.16. The Bertz CT molecular complexity index is 340. The van der Waals surface area contributed by atoms with E-state index in [0.29, 0.717) is 38.5 Å². The van der Waals surface area contributed by atoms with E-state index in [9.17, 15) is 15.3 Å². The second-order valence-electron chi connectivity index (χ2n) is 5.46. The zero-order chi connectivity index (χ0) is 15.0. The van der Waals surface area contributed by atoms with Crippen LogP contribution in [0.3, 0.4) is 0 Å². The van der Waals surface area contributed by atoms with Gasteiger partial charge < -0.3 is 20.4 Å². The lowest BCUT2D eigenvalue weighted by molar-refractivity contribution is 0.0783. The van der Waals surface area contributed by atoms with Gasteiger partial charge in [0.05, 0.1) is 24.4 Å². The van der Waals surface area contributed by atoms with Crippen LogP contribution in [0.25, 0.3) is 0 Å². The third-order valence-corrected chi connectivity index (χ3v) is 4.15. The number of hydrogen-bond donors (Lipinski definition) is 4. The lowest BCUT2D eigenvalue weighted by Crippen LogP contribution is -2.15. The van der Waals surface area contributed by atoms with Crippen LogP contribution in [0.4, 0.5) is 0 Å². The van der Waals surface area contributed by atoms with Gasteiger partial charge in [0.25, 0.3) is 0 Å². The molecule has 1 aromatic heterocycles. The van der Waals surface area contributed by atoms with Gasteiger partial charge in [-0.2, -0.15) is 11.3 Å². The molecule has 1 aromatic rings.